The Bertz CT molecular complexity index is 443. The highest BCUT2D eigenvalue weighted by molar-refractivity contribution is 5.82. The number of nitrogens with zero attached hydrogens (tertiary/aromatic N) is 1. The lowest BCUT2D eigenvalue weighted by Gasteiger charge is -2.38. The highest BCUT2D eigenvalue weighted by Gasteiger charge is 2.42. The summed E-state index contributed by atoms with van der Waals surface area (Å²) in [4.78, 5) is 24.4. The summed E-state index contributed by atoms with van der Waals surface area (Å²) < 4.78 is 37.1. The first-order valence-corrected chi connectivity index (χ1v) is 7.26. The minimum absolute atomic E-state index is 0.0577. The number of piperidine rings is 1. The second kappa shape index (κ2) is 7.07. The van der Waals surface area contributed by atoms with Crippen molar-refractivity contribution in [2.24, 2.45) is 0 Å². The number of halogens is 2. The Balaban J connectivity index is 2.84. The van der Waals surface area contributed by atoms with Crippen LogP contribution in [0.4, 0.5) is 13.6 Å². The van der Waals surface area contributed by atoms with Crippen LogP contribution in [0, 0.1) is 0 Å². The Morgan fingerprint density at radius 2 is 2.00 bits per heavy atom. The lowest BCUT2D eigenvalue weighted by Crippen LogP contribution is -2.52. The van der Waals surface area contributed by atoms with E-state index < -0.39 is 36.2 Å². The molecule has 1 fully saturated rings. The lowest BCUT2D eigenvalue weighted by molar-refractivity contribution is -0.137. The van der Waals surface area contributed by atoms with Crippen molar-refractivity contribution in [2.75, 3.05) is 13.2 Å². The summed E-state index contributed by atoms with van der Waals surface area (Å²) in [5.41, 5.74) is -0.779. The third kappa shape index (κ3) is 5.99. The van der Waals surface area contributed by atoms with Gasteiger partial charge in [0.15, 0.2) is 0 Å². The Morgan fingerprint density at radius 3 is 2.55 bits per heavy atom. The van der Waals surface area contributed by atoms with E-state index in [1.54, 1.807) is 27.7 Å². The SMILES string of the molecule is CCOC(=O)C=C[C@@H]1CCC(F)(F)CN1C(=O)OC(C)(C)C. The molecule has 1 amide bonds. The summed E-state index contributed by atoms with van der Waals surface area (Å²) in [6.45, 7) is 6.16. The number of ether oxygens (including phenoxy) is 2. The Morgan fingerprint density at radius 1 is 1.36 bits per heavy atom. The summed E-state index contributed by atoms with van der Waals surface area (Å²) in [7, 11) is 0. The number of carbonyl (C=O) groups is 2. The van der Waals surface area contributed by atoms with Crippen molar-refractivity contribution >= 4 is 12.1 Å². The zero-order valence-corrected chi connectivity index (χ0v) is 13.4. The van der Waals surface area contributed by atoms with Crippen LogP contribution < -0.4 is 0 Å². The second-order valence-electron chi connectivity index (χ2n) is 6.18. The molecule has 1 aliphatic rings. The quantitative estimate of drug-likeness (QED) is 0.592. The van der Waals surface area contributed by atoms with Crippen molar-refractivity contribution in [3.05, 3.63) is 12.2 Å². The summed E-state index contributed by atoms with van der Waals surface area (Å²) in [5.74, 6) is -3.52. The third-order valence-corrected chi connectivity index (χ3v) is 2.98. The topological polar surface area (TPSA) is 55.8 Å². The molecule has 1 saturated heterocycles. The van der Waals surface area contributed by atoms with Crippen LogP contribution >= 0.6 is 0 Å². The molecule has 0 aliphatic carbocycles. The Labute approximate surface area is 129 Å². The molecule has 0 radical (unpaired) electrons. The number of likely N-dealkylation sites (tertiary alicyclic amines) is 1. The van der Waals surface area contributed by atoms with E-state index in [1.807, 2.05) is 0 Å². The van der Waals surface area contributed by atoms with E-state index in [-0.39, 0.29) is 19.4 Å². The third-order valence-electron chi connectivity index (χ3n) is 2.98. The summed E-state index contributed by atoms with van der Waals surface area (Å²) in [5, 5.41) is 0. The van der Waals surface area contributed by atoms with Crippen molar-refractivity contribution in [1.82, 2.24) is 4.90 Å². The van der Waals surface area contributed by atoms with Crippen LogP contribution in [0.25, 0.3) is 0 Å². The van der Waals surface area contributed by atoms with Gasteiger partial charge < -0.3 is 9.47 Å². The fourth-order valence-electron chi connectivity index (χ4n) is 2.06. The fraction of sp³-hybridized carbons (Fsp3) is 0.733. The molecule has 126 valence electrons. The van der Waals surface area contributed by atoms with E-state index in [0.29, 0.717) is 0 Å². The highest BCUT2D eigenvalue weighted by atomic mass is 19.3. The molecule has 7 heteroatoms. The van der Waals surface area contributed by atoms with Crippen molar-refractivity contribution in [3.8, 4) is 0 Å². The molecule has 1 atom stereocenters. The zero-order valence-electron chi connectivity index (χ0n) is 13.4. The van der Waals surface area contributed by atoms with E-state index >= 15 is 0 Å². The van der Waals surface area contributed by atoms with Gasteiger partial charge in [-0.05, 0) is 34.1 Å². The van der Waals surface area contributed by atoms with Crippen LogP contribution in [0.3, 0.4) is 0 Å². The first-order chi connectivity index (χ1) is 10.0. The van der Waals surface area contributed by atoms with E-state index in [2.05, 4.69) is 0 Å². The van der Waals surface area contributed by atoms with Crippen molar-refractivity contribution < 1.29 is 27.8 Å². The predicted molar refractivity (Wildman–Crippen MR) is 76.7 cm³/mol. The van der Waals surface area contributed by atoms with Crippen LogP contribution in [-0.4, -0.2) is 47.7 Å². The second-order valence-corrected chi connectivity index (χ2v) is 6.18. The number of amides is 1. The van der Waals surface area contributed by atoms with Crippen LogP contribution in [0.15, 0.2) is 12.2 Å². The maximum Gasteiger partial charge on any atom is 0.410 e. The van der Waals surface area contributed by atoms with E-state index in [1.165, 1.54) is 6.08 Å². The number of hydrogen-bond acceptors (Lipinski definition) is 4. The first kappa shape index (κ1) is 18.4. The average Bonchev–Trinajstić information content (AvgIpc) is 2.34. The molecule has 22 heavy (non-hydrogen) atoms. The van der Waals surface area contributed by atoms with E-state index in [9.17, 15) is 18.4 Å². The van der Waals surface area contributed by atoms with Gasteiger partial charge in [0.2, 0.25) is 0 Å². The fourth-order valence-corrected chi connectivity index (χ4v) is 2.06. The van der Waals surface area contributed by atoms with Gasteiger partial charge >= 0.3 is 12.1 Å². The number of rotatable bonds is 3. The maximum absolute atomic E-state index is 13.6. The van der Waals surface area contributed by atoms with E-state index in [4.69, 9.17) is 9.47 Å². The van der Waals surface area contributed by atoms with Gasteiger partial charge in [0.1, 0.15) is 5.60 Å². The minimum Gasteiger partial charge on any atom is -0.463 e. The maximum atomic E-state index is 13.6. The number of hydrogen-bond donors (Lipinski definition) is 0. The molecular weight excluding hydrogens is 296 g/mol. The van der Waals surface area contributed by atoms with Gasteiger partial charge in [0.25, 0.3) is 5.92 Å². The smallest absolute Gasteiger partial charge is 0.410 e. The summed E-state index contributed by atoms with van der Waals surface area (Å²) >= 11 is 0. The molecule has 0 unspecified atom stereocenters. The van der Waals surface area contributed by atoms with Gasteiger partial charge in [-0.1, -0.05) is 6.08 Å². The van der Waals surface area contributed by atoms with Gasteiger partial charge in [0, 0.05) is 12.5 Å². The molecule has 0 N–H and O–H groups in total. The standard InChI is InChI=1S/C15H23F2NO4/c1-5-21-12(19)7-6-11-8-9-15(16,17)10-18(11)13(20)22-14(2,3)4/h6-7,11H,5,8-10H2,1-4H3/t11-/m1/s1. The summed E-state index contributed by atoms with van der Waals surface area (Å²) in [6, 6.07) is -0.612. The molecule has 0 bridgehead atoms. The molecule has 0 spiro atoms. The van der Waals surface area contributed by atoms with Crippen LogP contribution in [-0.2, 0) is 14.3 Å². The van der Waals surface area contributed by atoms with Gasteiger partial charge in [-0.25, -0.2) is 18.4 Å². The molecule has 1 rings (SSSR count). The molecular formula is C15H23F2NO4. The van der Waals surface area contributed by atoms with Crippen LogP contribution in [0.1, 0.15) is 40.5 Å². The largest absolute Gasteiger partial charge is 0.463 e. The van der Waals surface area contributed by atoms with Gasteiger partial charge in [-0.3, -0.25) is 4.90 Å². The number of alkyl halides is 2. The molecule has 1 aliphatic heterocycles. The normalized spacial score (nSPS) is 21.7. The first-order valence-electron chi connectivity index (χ1n) is 7.26. The molecule has 1 heterocycles. The monoisotopic (exact) mass is 319 g/mol. The highest BCUT2D eigenvalue weighted by Crippen LogP contribution is 2.31. The number of carbonyl (C=O) groups excluding carboxylic acids is 2. The van der Waals surface area contributed by atoms with Crippen molar-refractivity contribution in [3.63, 3.8) is 0 Å². The minimum atomic E-state index is -2.95. The van der Waals surface area contributed by atoms with Crippen molar-refractivity contribution in [2.45, 2.75) is 58.1 Å². The molecule has 0 aromatic carbocycles. The van der Waals surface area contributed by atoms with Gasteiger partial charge in [0.05, 0.1) is 19.2 Å². The summed E-state index contributed by atoms with van der Waals surface area (Å²) in [6.07, 6.45) is 1.48. The molecule has 0 aromatic rings. The van der Waals surface area contributed by atoms with E-state index in [0.717, 1.165) is 11.0 Å². The molecule has 0 aromatic heterocycles. The Kier molecular flexibility index (Phi) is 5.91. The van der Waals surface area contributed by atoms with Crippen molar-refractivity contribution in [1.29, 1.82) is 0 Å². The zero-order chi connectivity index (χ0) is 17.0. The molecule has 0 saturated carbocycles. The van der Waals surface area contributed by atoms with Crippen LogP contribution in [0.2, 0.25) is 0 Å². The predicted octanol–water partition coefficient (Wildman–Crippen LogP) is 3.14. The number of esters is 1. The Hall–Kier alpha value is -1.66. The van der Waals surface area contributed by atoms with Gasteiger partial charge in [-0.15, -0.1) is 0 Å². The molecule has 5 nitrogen and oxygen atoms in total. The van der Waals surface area contributed by atoms with Gasteiger partial charge in [-0.2, -0.15) is 0 Å². The van der Waals surface area contributed by atoms with Crippen LogP contribution in [0.5, 0.6) is 0 Å². The average molecular weight is 319 g/mol. The lowest BCUT2D eigenvalue weighted by atomic mass is 9.99.